The summed E-state index contributed by atoms with van der Waals surface area (Å²) in [6.45, 7) is 16.9. The van der Waals surface area contributed by atoms with Gasteiger partial charge in [0.2, 0.25) is 0 Å². The Labute approximate surface area is 124 Å². The third-order valence-corrected chi connectivity index (χ3v) is 4.30. The second kappa shape index (κ2) is 5.50. The van der Waals surface area contributed by atoms with Crippen molar-refractivity contribution in [3.05, 3.63) is 35.4 Å². The zero-order valence-corrected chi connectivity index (χ0v) is 14.0. The molecule has 1 fully saturated rings. The minimum atomic E-state index is 0.220. The quantitative estimate of drug-likeness (QED) is 0.887. The first-order chi connectivity index (χ1) is 9.17. The summed E-state index contributed by atoms with van der Waals surface area (Å²) in [6.07, 6.45) is 0. The van der Waals surface area contributed by atoms with Crippen molar-refractivity contribution in [3.8, 4) is 0 Å². The van der Waals surface area contributed by atoms with E-state index < -0.39 is 0 Å². The molecule has 1 aliphatic heterocycles. The lowest BCUT2D eigenvalue weighted by Crippen LogP contribution is -2.60. The van der Waals surface area contributed by atoms with Crippen LogP contribution in [0.3, 0.4) is 0 Å². The van der Waals surface area contributed by atoms with Crippen molar-refractivity contribution in [3.63, 3.8) is 0 Å². The molecular formula is C18H30N2. The number of hydrogen-bond acceptors (Lipinski definition) is 2. The van der Waals surface area contributed by atoms with Crippen LogP contribution in [-0.4, -0.2) is 29.6 Å². The second-order valence-corrected chi connectivity index (χ2v) is 7.97. The van der Waals surface area contributed by atoms with E-state index >= 15 is 0 Å². The first-order valence-electron chi connectivity index (χ1n) is 7.76. The summed E-state index contributed by atoms with van der Waals surface area (Å²) < 4.78 is 0. The molecule has 2 heteroatoms. The summed E-state index contributed by atoms with van der Waals surface area (Å²) in [5.74, 6) is 0. The van der Waals surface area contributed by atoms with E-state index in [0.717, 1.165) is 19.6 Å². The highest BCUT2D eigenvalue weighted by atomic mass is 15.2. The Morgan fingerprint density at radius 3 is 2.35 bits per heavy atom. The highest BCUT2D eigenvalue weighted by Crippen LogP contribution is 2.23. The van der Waals surface area contributed by atoms with Gasteiger partial charge in [0, 0.05) is 31.2 Å². The van der Waals surface area contributed by atoms with Crippen LogP contribution >= 0.6 is 0 Å². The molecule has 0 amide bonds. The van der Waals surface area contributed by atoms with Gasteiger partial charge in [-0.25, -0.2) is 0 Å². The van der Waals surface area contributed by atoms with Crippen LogP contribution in [0, 0.1) is 0 Å². The van der Waals surface area contributed by atoms with Crippen molar-refractivity contribution in [2.75, 3.05) is 13.1 Å². The van der Waals surface area contributed by atoms with Crippen LogP contribution in [0.2, 0.25) is 0 Å². The molecular weight excluding hydrogens is 244 g/mol. The minimum Gasteiger partial charge on any atom is -0.309 e. The largest absolute Gasteiger partial charge is 0.309 e. The summed E-state index contributed by atoms with van der Waals surface area (Å²) in [6, 6.07) is 9.76. The van der Waals surface area contributed by atoms with Gasteiger partial charge in [-0.05, 0) is 37.3 Å². The number of nitrogens with zero attached hydrogens (tertiary/aromatic N) is 1. The Balaban J connectivity index is 2.06. The lowest BCUT2D eigenvalue weighted by Gasteiger charge is -2.43. The smallest absolute Gasteiger partial charge is 0.0253 e. The average molecular weight is 274 g/mol. The van der Waals surface area contributed by atoms with Gasteiger partial charge in [0.05, 0.1) is 0 Å². The summed E-state index contributed by atoms with van der Waals surface area (Å²) in [7, 11) is 0. The molecule has 0 radical (unpaired) electrons. The van der Waals surface area contributed by atoms with E-state index in [2.05, 4.69) is 76.0 Å². The maximum atomic E-state index is 3.61. The van der Waals surface area contributed by atoms with E-state index in [9.17, 15) is 0 Å². The van der Waals surface area contributed by atoms with Crippen LogP contribution < -0.4 is 5.32 Å². The SMILES string of the molecule is CC1CNC(C)(C)CN1Cc1ccc(C(C)(C)C)cc1. The van der Waals surface area contributed by atoms with Gasteiger partial charge in [-0.3, -0.25) is 4.90 Å². The molecule has 1 aromatic carbocycles. The summed E-state index contributed by atoms with van der Waals surface area (Å²) >= 11 is 0. The Morgan fingerprint density at radius 2 is 1.80 bits per heavy atom. The molecule has 1 heterocycles. The first kappa shape index (κ1) is 15.5. The van der Waals surface area contributed by atoms with Crippen LogP contribution in [0.15, 0.2) is 24.3 Å². The topological polar surface area (TPSA) is 15.3 Å². The lowest BCUT2D eigenvalue weighted by atomic mass is 9.86. The number of benzene rings is 1. The summed E-state index contributed by atoms with van der Waals surface area (Å²) in [5.41, 5.74) is 3.29. The predicted molar refractivity (Wildman–Crippen MR) is 87.1 cm³/mol. The van der Waals surface area contributed by atoms with E-state index in [-0.39, 0.29) is 11.0 Å². The molecule has 1 aromatic rings. The van der Waals surface area contributed by atoms with Gasteiger partial charge >= 0.3 is 0 Å². The third kappa shape index (κ3) is 3.83. The van der Waals surface area contributed by atoms with E-state index in [0.29, 0.717) is 6.04 Å². The molecule has 1 saturated heterocycles. The maximum absolute atomic E-state index is 3.61. The average Bonchev–Trinajstić information content (AvgIpc) is 2.33. The molecule has 112 valence electrons. The fraction of sp³-hybridized carbons (Fsp3) is 0.667. The van der Waals surface area contributed by atoms with Crippen molar-refractivity contribution in [1.82, 2.24) is 10.2 Å². The van der Waals surface area contributed by atoms with Gasteiger partial charge in [0.1, 0.15) is 0 Å². The molecule has 1 unspecified atom stereocenters. The summed E-state index contributed by atoms with van der Waals surface area (Å²) in [5, 5.41) is 3.61. The molecule has 0 aromatic heterocycles. The molecule has 0 aliphatic carbocycles. The summed E-state index contributed by atoms with van der Waals surface area (Å²) in [4.78, 5) is 2.59. The normalized spacial score (nSPS) is 23.8. The standard InChI is InChI=1S/C18H30N2/c1-14-11-19-18(5,6)13-20(14)12-15-7-9-16(10-8-15)17(2,3)4/h7-10,14,19H,11-13H2,1-6H3. The third-order valence-electron chi connectivity index (χ3n) is 4.30. The van der Waals surface area contributed by atoms with E-state index in [4.69, 9.17) is 0 Å². The number of piperazine rings is 1. The van der Waals surface area contributed by atoms with Gasteiger partial charge in [-0.15, -0.1) is 0 Å². The predicted octanol–water partition coefficient (Wildman–Crippen LogP) is 3.56. The Hall–Kier alpha value is -0.860. The Morgan fingerprint density at radius 1 is 1.20 bits per heavy atom. The molecule has 0 spiro atoms. The van der Waals surface area contributed by atoms with Crippen molar-refractivity contribution in [1.29, 1.82) is 0 Å². The fourth-order valence-electron chi connectivity index (χ4n) is 2.83. The maximum Gasteiger partial charge on any atom is 0.0253 e. The van der Waals surface area contributed by atoms with E-state index in [1.807, 2.05) is 0 Å². The Bertz CT molecular complexity index is 439. The van der Waals surface area contributed by atoms with Gasteiger partial charge in [-0.1, -0.05) is 45.0 Å². The molecule has 0 bridgehead atoms. The van der Waals surface area contributed by atoms with Crippen LogP contribution in [0.4, 0.5) is 0 Å². The van der Waals surface area contributed by atoms with Crippen LogP contribution in [0.1, 0.15) is 52.7 Å². The van der Waals surface area contributed by atoms with Crippen LogP contribution in [0.5, 0.6) is 0 Å². The number of nitrogens with one attached hydrogen (secondary N) is 1. The van der Waals surface area contributed by atoms with E-state index in [1.165, 1.54) is 11.1 Å². The molecule has 20 heavy (non-hydrogen) atoms. The van der Waals surface area contributed by atoms with Gasteiger partial charge < -0.3 is 5.32 Å². The zero-order chi connectivity index (χ0) is 15.0. The monoisotopic (exact) mass is 274 g/mol. The van der Waals surface area contributed by atoms with Crippen LogP contribution in [0.25, 0.3) is 0 Å². The first-order valence-corrected chi connectivity index (χ1v) is 7.76. The second-order valence-electron chi connectivity index (χ2n) is 7.97. The van der Waals surface area contributed by atoms with Crippen molar-refractivity contribution in [2.24, 2.45) is 0 Å². The molecule has 0 saturated carbocycles. The zero-order valence-electron chi connectivity index (χ0n) is 14.0. The number of hydrogen-bond donors (Lipinski definition) is 1. The lowest BCUT2D eigenvalue weighted by molar-refractivity contribution is 0.0978. The van der Waals surface area contributed by atoms with E-state index in [1.54, 1.807) is 0 Å². The van der Waals surface area contributed by atoms with Gasteiger partial charge in [0.25, 0.3) is 0 Å². The van der Waals surface area contributed by atoms with Crippen molar-refractivity contribution < 1.29 is 0 Å². The fourth-order valence-corrected chi connectivity index (χ4v) is 2.83. The Kier molecular flexibility index (Phi) is 4.27. The number of rotatable bonds is 2. The molecule has 1 atom stereocenters. The van der Waals surface area contributed by atoms with Gasteiger partial charge in [0.15, 0.2) is 0 Å². The van der Waals surface area contributed by atoms with Crippen molar-refractivity contribution in [2.45, 2.75) is 65.1 Å². The van der Waals surface area contributed by atoms with Crippen molar-refractivity contribution >= 4 is 0 Å². The van der Waals surface area contributed by atoms with Gasteiger partial charge in [-0.2, -0.15) is 0 Å². The molecule has 1 N–H and O–H groups in total. The minimum absolute atomic E-state index is 0.220. The highest BCUT2D eigenvalue weighted by molar-refractivity contribution is 5.27. The van der Waals surface area contributed by atoms with Crippen LogP contribution in [-0.2, 0) is 12.0 Å². The molecule has 1 aliphatic rings. The molecule has 2 rings (SSSR count). The highest BCUT2D eigenvalue weighted by Gasteiger charge is 2.29. The molecule has 2 nitrogen and oxygen atoms in total.